The first-order chi connectivity index (χ1) is 9.37. The van der Waals surface area contributed by atoms with Gasteiger partial charge in [0.25, 0.3) is 0 Å². The SMILES string of the molecule is CCCNC(=O)CP(=O)(OCC(F)(F)F)OCC(F)(F)F. The van der Waals surface area contributed by atoms with Gasteiger partial charge in [-0.2, -0.15) is 26.3 Å². The fourth-order valence-electron chi connectivity index (χ4n) is 0.968. The summed E-state index contributed by atoms with van der Waals surface area (Å²) in [5, 5.41) is 2.15. The van der Waals surface area contributed by atoms with Crippen LogP contribution in [0.3, 0.4) is 0 Å². The summed E-state index contributed by atoms with van der Waals surface area (Å²) in [4.78, 5) is 11.3. The van der Waals surface area contributed by atoms with Crippen LogP contribution >= 0.6 is 7.60 Å². The van der Waals surface area contributed by atoms with Crippen LogP contribution in [0.15, 0.2) is 0 Å². The quantitative estimate of drug-likeness (QED) is 0.543. The van der Waals surface area contributed by atoms with Crippen LogP contribution in [0.1, 0.15) is 13.3 Å². The Kier molecular flexibility index (Phi) is 7.69. The molecule has 0 heterocycles. The number of amides is 1. The van der Waals surface area contributed by atoms with E-state index in [2.05, 4.69) is 14.4 Å². The molecular weight excluding hydrogens is 331 g/mol. The zero-order valence-electron chi connectivity index (χ0n) is 10.9. The summed E-state index contributed by atoms with van der Waals surface area (Å²) in [6.07, 6.45) is -10.6. The first-order valence-electron chi connectivity index (χ1n) is 5.65. The maximum atomic E-state index is 12.0. The molecule has 0 bridgehead atoms. The molecule has 0 fully saturated rings. The Labute approximate surface area is 116 Å². The van der Waals surface area contributed by atoms with Crippen molar-refractivity contribution in [1.82, 2.24) is 5.32 Å². The zero-order chi connectivity index (χ0) is 16.7. The monoisotopic (exact) mass is 345 g/mol. The Morgan fingerprint density at radius 2 is 1.48 bits per heavy atom. The maximum Gasteiger partial charge on any atom is 0.412 e. The van der Waals surface area contributed by atoms with Crippen molar-refractivity contribution in [3.63, 3.8) is 0 Å². The highest BCUT2D eigenvalue weighted by Crippen LogP contribution is 2.49. The molecule has 21 heavy (non-hydrogen) atoms. The summed E-state index contributed by atoms with van der Waals surface area (Å²) in [6.45, 7) is -2.37. The van der Waals surface area contributed by atoms with Crippen LogP contribution in [0.5, 0.6) is 0 Å². The Balaban J connectivity index is 4.74. The Morgan fingerprint density at radius 3 is 1.81 bits per heavy atom. The van der Waals surface area contributed by atoms with E-state index in [4.69, 9.17) is 0 Å². The van der Waals surface area contributed by atoms with Gasteiger partial charge >= 0.3 is 19.9 Å². The molecule has 126 valence electrons. The summed E-state index contributed by atoms with van der Waals surface area (Å²) in [5.74, 6) is -1.02. The molecule has 0 aromatic heterocycles. The number of carbonyl (C=O) groups excluding carboxylic acids is 1. The zero-order valence-corrected chi connectivity index (χ0v) is 11.8. The maximum absolute atomic E-state index is 12.0. The van der Waals surface area contributed by atoms with E-state index in [0.717, 1.165) is 0 Å². The van der Waals surface area contributed by atoms with E-state index in [9.17, 15) is 35.7 Å². The topological polar surface area (TPSA) is 64.6 Å². The van der Waals surface area contributed by atoms with Gasteiger partial charge in [0.1, 0.15) is 6.16 Å². The van der Waals surface area contributed by atoms with Crippen molar-refractivity contribution in [2.45, 2.75) is 25.7 Å². The van der Waals surface area contributed by atoms with E-state index in [1.807, 2.05) is 0 Å². The Morgan fingerprint density at radius 1 is 1.05 bits per heavy atom. The first kappa shape index (κ1) is 20.2. The molecule has 0 aliphatic rings. The van der Waals surface area contributed by atoms with Gasteiger partial charge in [-0.05, 0) is 6.42 Å². The lowest BCUT2D eigenvalue weighted by Gasteiger charge is -2.20. The van der Waals surface area contributed by atoms with Gasteiger partial charge in [0.15, 0.2) is 13.2 Å². The highest BCUT2D eigenvalue weighted by Gasteiger charge is 2.39. The van der Waals surface area contributed by atoms with Gasteiger partial charge in [-0.1, -0.05) is 6.92 Å². The van der Waals surface area contributed by atoms with Crippen LogP contribution in [-0.2, 0) is 18.4 Å². The highest BCUT2D eigenvalue weighted by molar-refractivity contribution is 7.54. The summed E-state index contributed by atoms with van der Waals surface area (Å²) in [7, 11) is -4.86. The molecular formula is C9H14F6NO4P. The molecule has 0 aromatic rings. The highest BCUT2D eigenvalue weighted by atomic mass is 31.2. The van der Waals surface area contributed by atoms with Crippen LogP contribution in [0, 0.1) is 0 Å². The third kappa shape index (κ3) is 11.5. The predicted molar refractivity (Wildman–Crippen MR) is 59.8 cm³/mol. The number of carbonyl (C=O) groups is 1. The minimum absolute atomic E-state index is 0.122. The molecule has 0 atom stereocenters. The van der Waals surface area contributed by atoms with Gasteiger partial charge in [-0.25, -0.2) is 0 Å². The van der Waals surface area contributed by atoms with Crippen LogP contribution in [0.4, 0.5) is 26.3 Å². The third-order valence-corrected chi connectivity index (χ3v) is 3.48. The van der Waals surface area contributed by atoms with Gasteiger partial charge in [-0.3, -0.25) is 18.4 Å². The second kappa shape index (κ2) is 8.00. The second-order valence-electron chi connectivity index (χ2n) is 3.90. The molecule has 1 amide bonds. The predicted octanol–water partition coefficient (Wildman–Crippen LogP) is 2.86. The normalized spacial score (nSPS) is 13.3. The molecule has 12 heteroatoms. The fraction of sp³-hybridized carbons (Fsp3) is 0.889. The van der Waals surface area contributed by atoms with Gasteiger partial charge in [0.05, 0.1) is 0 Å². The molecule has 0 saturated carbocycles. The molecule has 0 saturated heterocycles. The van der Waals surface area contributed by atoms with E-state index in [1.54, 1.807) is 6.92 Å². The summed E-state index contributed by atoms with van der Waals surface area (Å²) in [6, 6.07) is 0. The molecule has 0 aliphatic heterocycles. The van der Waals surface area contributed by atoms with Crippen LogP contribution in [-0.4, -0.2) is 44.2 Å². The smallest absolute Gasteiger partial charge is 0.356 e. The molecule has 5 nitrogen and oxygen atoms in total. The van der Waals surface area contributed by atoms with Crippen LogP contribution in [0.25, 0.3) is 0 Å². The van der Waals surface area contributed by atoms with E-state index >= 15 is 0 Å². The van der Waals surface area contributed by atoms with E-state index in [1.165, 1.54) is 0 Å². The molecule has 1 N–H and O–H groups in total. The van der Waals surface area contributed by atoms with Gasteiger partial charge in [0, 0.05) is 6.54 Å². The summed E-state index contributed by atoms with van der Waals surface area (Å²) in [5.41, 5.74) is 0. The average molecular weight is 345 g/mol. The van der Waals surface area contributed by atoms with Crippen molar-refractivity contribution >= 4 is 13.5 Å². The van der Waals surface area contributed by atoms with E-state index in [0.29, 0.717) is 6.42 Å². The average Bonchev–Trinajstić information content (AvgIpc) is 2.30. The number of halogens is 6. The van der Waals surface area contributed by atoms with E-state index in [-0.39, 0.29) is 6.54 Å². The number of hydrogen-bond acceptors (Lipinski definition) is 4. The molecule has 0 aromatic carbocycles. The minimum atomic E-state index is -4.92. The van der Waals surface area contributed by atoms with Crippen LogP contribution in [0.2, 0.25) is 0 Å². The summed E-state index contributed by atoms with van der Waals surface area (Å²) >= 11 is 0. The van der Waals surface area contributed by atoms with E-state index < -0.39 is 45.2 Å². The molecule has 0 rings (SSSR count). The molecule has 0 unspecified atom stereocenters. The Hall–Kier alpha value is -0.800. The van der Waals surface area contributed by atoms with Gasteiger partial charge < -0.3 is 5.32 Å². The Bertz CT molecular complexity index is 361. The van der Waals surface area contributed by atoms with Gasteiger partial charge in [-0.15, -0.1) is 0 Å². The van der Waals surface area contributed by atoms with Crippen molar-refractivity contribution in [3.05, 3.63) is 0 Å². The lowest BCUT2D eigenvalue weighted by Crippen LogP contribution is -2.29. The molecule has 0 spiro atoms. The largest absolute Gasteiger partial charge is 0.412 e. The number of rotatable bonds is 8. The van der Waals surface area contributed by atoms with Crippen molar-refractivity contribution in [1.29, 1.82) is 0 Å². The lowest BCUT2D eigenvalue weighted by atomic mass is 10.5. The molecule has 0 radical (unpaired) electrons. The second-order valence-corrected chi connectivity index (χ2v) is 5.95. The van der Waals surface area contributed by atoms with Crippen LogP contribution < -0.4 is 5.32 Å². The van der Waals surface area contributed by atoms with Crippen molar-refractivity contribution < 1.29 is 44.7 Å². The third-order valence-electron chi connectivity index (χ3n) is 1.76. The lowest BCUT2D eigenvalue weighted by molar-refractivity contribution is -0.165. The van der Waals surface area contributed by atoms with Crippen molar-refractivity contribution in [2.24, 2.45) is 0 Å². The van der Waals surface area contributed by atoms with Gasteiger partial charge in [0.2, 0.25) is 5.91 Å². The first-order valence-corrected chi connectivity index (χ1v) is 7.38. The number of nitrogens with one attached hydrogen (secondary N) is 1. The van der Waals surface area contributed by atoms with Crippen molar-refractivity contribution in [2.75, 3.05) is 25.9 Å². The van der Waals surface area contributed by atoms with Crippen molar-refractivity contribution in [3.8, 4) is 0 Å². The minimum Gasteiger partial charge on any atom is -0.356 e. The standard InChI is InChI=1S/C9H14F6NO4P/c1-2-3-16-7(17)4-21(18,19-5-8(10,11)12)20-6-9(13,14)15/h2-6H2,1H3,(H,16,17). The number of hydrogen-bond donors (Lipinski definition) is 1. The fourth-order valence-corrected chi connectivity index (χ4v) is 2.37. The summed E-state index contributed by atoms with van der Waals surface area (Å²) < 4.78 is 91.4. The number of alkyl halides is 6. The molecule has 0 aliphatic carbocycles.